The third-order valence-electron chi connectivity index (χ3n) is 2.39. The fourth-order valence-corrected chi connectivity index (χ4v) is 1.55. The Kier molecular flexibility index (Phi) is 2.48. The highest BCUT2D eigenvalue weighted by molar-refractivity contribution is 5.74. The molecule has 0 amide bonds. The van der Waals surface area contributed by atoms with Crippen LogP contribution in [0.15, 0.2) is 18.2 Å². The molecule has 0 aliphatic rings. The molecule has 0 unspecified atom stereocenters. The molecule has 0 fully saturated rings. The van der Waals surface area contributed by atoms with Gasteiger partial charge in [-0.05, 0) is 31.0 Å². The lowest BCUT2D eigenvalue weighted by atomic mass is 10.2. The van der Waals surface area contributed by atoms with E-state index in [4.69, 9.17) is 0 Å². The van der Waals surface area contributed by atoms with E-state index in [-0.39, 0.29) is 0 Å². The Bertz CT molecular complexity index is 431. The molecule has 1 aromatic heterocycles. The van der Waals surface area contributed by atoms with Crippen LogP contribution in [-0.2, 0) is 6.54 Å². The Morgan fingerprint density at radius 1 is 1.36 bits per heavy atom. The summed E-state index contributed by atoms with van der Waals surface area (Å²) in [6.45, 7) is 5.25. The van der Waals surface area contributed by atoms with Gasteiger partial charge < -0.3 is 0 Å². The van der Waals surface area contributed by atoms with Crippen molar-refractivity contribution in [2.24, 2.45) is 0 Å². The summed E-state index contributed by atoms with van der Waals surface area (Å²) in [6, 6.07) is 6.24. The molecule has 0 atom stereocenters. The molecule has 3 heteroatoms. The first-order chi connectivity index (χ1) is 6.81. The Morgan fingerprint density at radius 2 is 2.21 bits per heavy atom. The Labute approximate surface area is 83.7 Å². The van der Waals surface area contributed by atoms with Crippen LogP contribution in [0.25, 0.3) is 11.0 Å². The van der Waals surface area contributed by atoms with Crippen LogP contribution in [0.2, 0.25) is 0 Å². The molecule has 0 aliphatic heterocycles. The highest BCUT2D eigenvalue weighted by Gasteiger charge is 2.02. The smallest absolute Gasteiger partial charge is 0.113 e. The van der Waals surface area contributed by atoms with Crippen LogP contribution < -0.4 is 0 Å². The second kappa shape index (κ2) is 3.78. The lowest BCUT2D eigenvalue weighted by Crippen LogP contribution is -1.99. The topological polar surface area (TPSA) is 30.7 Å². The van der Waals surface area contributed by atoms with Crippen molar-refractivity contribution in [3.05, 3.63) is 23.8 Å². The number of nitrogens with zero attached hydrogens (tertiary/aromatic N) is 3. The second-order valence-electron chi connectivity index (χ2n) is 3.66. The van der Waals surface area contributed by atoms with E-state index in [1.807, 2.05) is 10.7 Å². The van der Waals surface area contributed by atoms with Crippen LogP contribution >= 0.6 is 0 Å². The summed E-state index contributed by atoms with van der Waals surface area (Å²) in [6.07, 6.45) is 2.35. The van der Waals surface area contributed by atoms with Crippen molar-refractivity contribution in [3.63, 3.8) is 0 Å². The molecule has 0 N–H and O–H groups in total. The largest absolute Gasteiger partial charge is 0.245 e. The molecule has 0 radical (unpaired) electrons. The molecule has 1 aromatic carbocycles. The monoisotopic (exact) mass is 189 g/mol. The van der Waals surface area contributed by atoms with E-state index in [2.05, 4.69) is 36.3 Å². The van der Waals surface area contributed by atoms with Gasteiger partial charge in [-0.25, -0.2) is 4.68 Å². The molecule has 0 aliphatic carbocycles. The lowest BCUT2D eigenvalue weighted by molar-refractivity contribution is 0.567. The van der Waals surface area contributed by atoms with Gasteiger partial charge in [-0.15, -0.1) is 5.10 Å². The van der Waals surface area contributed by atoms with Gasteiger partial charge in [0.15, 0.2) is 0 Å². The van der Waals surface area contributed by atoms with Gasteiger partial charge >= 0.3 is 0 Å². The second-order valence-corrected chi connectivity index (χ2v) is 3.66. The van der Waals surface area contributed by atoms with Crippen LogP contribution in [0.5, 0.6) is 0 Å². The summed E-state index contributed by atoms with van der Waals surface area (Å²) in [5.74, 6) is 0. The van der Waals surface area contributed by atoms with Crippen LogP contribution in [0.4, 0.5) is 0 Å². The average Bonchev–Trinajstić information content (AvgIpc) is 2.57. The van der Waals surface area contributed by atoms with Crippen molar-refractivity contribution < 1.29 is 0 Å². The van der Waals surface area contributed by atoms with Crippen LogP contribution in [0.3, 0.4) is 0 Å². The highest BCUT2D eigenvalue weighted by atomic mass is 15.4. The van der Waals surface area contributed by atoms with Gasteiger partial charge in [-0.1, -0.05) is 24.6 Å². The molecular formula is C11H15N3. The number of fused-ring (bicyclic) bond motifs is 1. The normalized spacial score (nSPS) is 11.0. The molecule has 2 aromatic rings. The molecule has 0 spiro atoms. The SMILES string of the molecule is CCCCn1nnc2ccc(C)cc21. The fraction of sp³-hybridized carbons (Fsp3) is 0.455. The zero-order chi connectivity index (χ0) is 9.97. The average molecular weight is 189 g/mol. The van der Waals surface area contributed by atoms with E-state index in [1.54, 1.807) is 0 Å². The number of rotatable bonds is 3. The fourth-order valence-electron chi connectivity index (χ4n) is 1.55. The summed E-state index contributed by atoms with van der Waals surface area (Å²) in [4.78, 5) is 0. The van der Waals surface area contributed by atoms with Gasteiger partial charge in [0.25, 0.3) is 0 Å². The number of hydrogen-bond donors (Lipinski definition) is 0. The zero-order valence-corrected chi connectivity index (χ0v) is 8.70. The summed E-state index contributed by atoms with van der Waals surface area (Å²) in [5.41, 5.74) is 3.41. The van der Waals surface area contributed by atoms with E-state index in [9.17, 15) is 0 Å². The van der Waals surface area contributed by atoms with Crippen molar-refractivity contribution in [1.29, 1.82) is 0 Å². The van der Waals surface area contributed by atoms with Gasteiger partial charge in [-0.2, -0.15) is 0 Å². The molecule has 2 rings (SSSR count). The molecule has 0 saturated carbocycles. The maximum atomic E-state index is 4.14. The van der Waals surface area contributed by atoms with Gasteiger partial charge in [0.05, 0.1) is 5.52 Å². The first-order valence-electron chi connectivity index (χ1n) is 5.11. The number of aryl methyl sites for hydroxylation is 2. The number of aromatic nitrogens is 3. The third kappa shape index (κ3) is 1.62. The Hall–Kier alpha value is -1.38. The van der Waals surface area contributed by atoms with Gasteiger partial charge in [-0.3, -0.25) is 0 Å². The minimum atomic E-state index is 0.969. The van der Waals surface area contributed by atoms with Crippen molar-refractivity contribution in [2.75, 3.05) is 0 Å². The summed E-state index contributed by atoms with van der Waals surface area (Å²) >= 11 is 0. The molecule has 74 valence electrons. The Morgan fingerprint density at radius 3 is 3.00 bits per heavy atom. The van der Waals surface area contributed by atoms with E-state index in [1.165, 1.54) is 12.0 Å². The van der Waals surface area contributed by atoms with E-state index in [0.29, 0.717) is 0 Å². The van der Waals surface area contributed by atoms with Crippen molar-refractivity contribution in [2.45, 2.75) is 33.2 Å². The van der Waals surface area contributed by atoms with E-state index >= 15 is 0 Å². The highest BCUT2D eigenvalue weighted by Crippen LogP contribution is 2.13. The van der Waals surface area contributed by atoms with Crippen molar-refractivity contribution in [1.82, 2.24) is 15.0 Å². The third-order valence-corrected chi connectivity index (χ3v) is 2.39. The number of unbranched alkanes of at least 4 members (excludes halogenated alkanes) is 1. The number of benzene rings is 1. The van der Waals surface area contributed by atoms with E-state index < -0.39 is 0 Å². The first kappa shape index (κ1) is 9.19. The minimum Gasteiger partial charge on any atom is -0.245 e. The van der Waals surface area contributed by atoms with Crippen LogP contribution in [0.1, 0.15) is 25.3 Å². The summed E-state index contributed by atoms with van der Waals surface area (Å²) in [7, 11) is 0. The molecule has 14 heavy (non-hydrogen) atoms. The quantitative estimate of drug-likeness (QED) is 0.742. The maximum absolute atomic E-state index is 4.14. The molecule has 1 heterocycles. The standard InChI is InChI=1S/C11H15N3/c1-3-4-7-14-11-8-9(2)5-6-10(11)12-13-14/h5-6,8H,3-4,7H2,1-2H3. The minimum absolute atomic E-state index is 0.969. The summed E-state index contributed by atoms with van der Waals surface area (Å²) < 4.78 is 1.99. The predicted molar refractivity (Wildman–Crippen MR) is 57.2 cm³/mol. The van der Waals surface area contributed by atoms with E-state index in [0.717, 1.165) is 24.0 Å². The van der Waals surface area contributed by atoms with Crippen LogP contribution in [-0.4, -0.2) is 15.0 Å². The Balaban J connectivity index is 2.40. The maximum Gasteiger partial charge on any atom is 0.113 e. The summed E-state index contributed by atoms with van der Waals surface area (Å²) in [5, 5.41) is 8.27. The molecular weight excluding hydrogens is 174 g/mol. The zero-order valence-electron chi connectivity index (χ0n) is 8.70. The predicted octanol–water partition coefficient (Wildman–Crippen LogP) is 2.54. The van der Waals surface area contributed by atoms with Gasteiger partial charge in [0.1, 0.15) is 5.52 Å². The van der Waals surface area contributed by atoms with Gasteiger partial charge in [0.2, 0.25) is 0 Å². The van der Waals surface area contributed by atoms with Gasteiger partial charge in [0, 0.05) is 6.54 Å². The molecule has 0 saturated heterocycles. The molecule has 3 nitrogen and oxygen atoms in total. The number of hydrogen-bond acceptors (Lipinski definition) is 2. The van der Waals surface area contributed by atoms with Crippen molar-refractivity contribution in [3.8, 4) is 0 Å². The van der Waals surface area contributed by atoms with Crippen LogP contribution in [0, 0.1) is 6.92 Å². The lowest BCUT2D eigenvalue weighted by Gasteiger charge is -2.00. The van der Waals surface area contributed by atoms with Crippen molar-refractivity contribution >= 4 is 11.0 Å². The first-order valence-corrected chi connectivity index (χ1v) is 5.11. The molecule has 0 bridgehead atoms.